The van der Waals surface area contributed by atoms with Crippen LogP contribution in [0.25, 0.3) is 0 Å². The topological polar surface area (TPSA) is 115 Å². The fourth-order valence-electron chi connectivity index (χ4n) is 3.17. The van der Waals surface area contributed by atoms with Crippen molar-refractivity contribution in [2.45, 2.75) is 24.2 Å². The van der Waals surface area contributed by atoms with Gasteiger partial charge in [0.15, 0.2) is 0 Å². The van der Waals surface area contributed by atoms with Gasteiger partial charge in [0.25, 0.3) is 15.9 Å². The van der Waals surface area contributed by atoms with Crippen LogP contribution in [-0.4, -0.2) is 55.0 Å². The lowest BCUT2D eigenvalue weighted by Crippen LogP contribution is -2.44. The van der Waals surface area contributed by atoms with Gasteiger partial charge in [0.2, 0.25) is 5.91 Å². The van der Waals surface area contributed by atoms with Crippen LogP contribution < -0.4 is 5.11 Å². The highest BCUT2D eigenvalue weighted by atomic mass is 32.2. The van der Waals surface area contributed by atoms with E-state index in [9.17, 15) is 27.9 Å². The molecule has 8 nitrogen and oxygen atoms in total. The molecule has 3 rings (SSSR count). The summed E-state index contributed by atoms with van der Waals surface area (Å²) in [5, 5.41) is 10.8. The molecule has 0 N–H and O–H groups in total. The van der Waals surface area contributed by atoms with Gasteiger partial charge in [-0.15, -0.1) is 0 Å². The molecule has 0 spiro atoms. The predicted octanol–water partition coefficient (Wildman–Crippen LogP) is -0.790. The van der Waals surface area contributed by atoms with E-state index in [0.29, 0.717) is 25.9 Å². The van der Waals surface area contributed by atoms with Gasteiger partial charge in [0.05, 0.1) is 5.56 Å². The van der Waals surface area contributed by atoms with Gasteiger partial charge < -0.3 is 14.8 Å². The minimum atomic E-state index is -3.91. The lowest BCUT2D eigenvalue weighted by molar-refractivity contribution is -0.312. The van der Waals surface area contributed by atoms with Gasteiger partial charge in [-0.05, 0) is 25.0 Å². The Morgan fingerprint density at radius 2 is 1.80 bits per heavy atom. The highest BCUT2D eigenvalue weighted by Gasteiger charge is 2.40. The Morgan fingerprint density at radius 3 is 2.40 bits per heavy atom. The number of hydrogen-bond acceptors (Lipinski definition) is 6. The average Bonchev–Trinajstić information content (AvgIpc) is 2.80. The summed E-state index contributed by atoms with van der Waals surface area (Å²) in [5.74, 6) is -2.59. The number of carbonyl (C=O) groups excluding carboxylic acids is 3. The first-order valence-corrected chi connectivity index (χ1v) is 9.41. The van der Waals surface area contributed by atoms with Crippen molar-refractivity contribution in [3.8, 4) is 0 Å². The van der Waals surface area contributed by atoms with Gasteiger partial charge in [-0.2, -0.15) is 0 Å². The molecule has 0 aromatic heterocycles. The molecule has 0 aliphatic carbocycles. The van der Waals surface area contributed by atoms with Gasteiger partial charge in [-0.1, -0.05) is 12.1 Å². The molecule has 2 amide bonds. The maximum Gasteiger partial charge on any atom is 0.269 e. The Balaban J connectivity index is 1.62. The second-order valence-electron chi connectivity index (χ2n) is 6.10. The van der Waals surface area contributed by atoms with Crippen molar-refractivity contribution in [1.29, 1.82) is 0 Å². The van der Waals surface area contributed by atoms with Crippen LogP contribution in [0.2, 0.25) is 0 Å². The predicted molar refractivity (Wildman–Crippen MR) is 83.6 cm³/mol. The van der Waals surface area contributed by atoms with E-state index in [2.05, 4.69) is 0 Å². The van der Waals surface area contributed by atoms with Gasteiger partial charge in [-0.3, -0.25) is 9.59 Å². The monoisotopic (exact) mass is 365 g/mol. The van der Waals surface area contributed by atoms with Crippen molar-refractivity contribution in [2.24, 2.45) is 5.92 Å². The lowest BCUT2D eigenvalue weighted by Gasteiger charge is -2.32. The summed E-state index contributed by atoms with van der Waals surface area (Å²) in [6.07, 6.45) is 0.510. The molecule has 9 heteroatoms. The number of aliphatic carboxylic acids is 1. The summed E-state index contributed by atoms with van der Waals surface area (Å²) in [4.78, 5) is 36.8. The highest BCUT2D eigenvalue weighted by molar-refractivity contribution is 7.90. The molecule has 0 atom stereocenters. The van der Waals surface area contributed by atoms with Crippen LogP contribution in [0.5, 0.6) is 0 Å². The third-order valence-electron chi connectivity index (χ3n) is 4.62. The van der Waals surface area contributed by atoms with Crippen molar-refractivity contribution >= 4 is 27.8 Å². The number of hydrogen-bond donors (Lipinski definition) is 0. The molecule has 2 aliphatic rings. The molecule has 0 saturated carbocycles. The van der Waals surface area contributed by atoms with Crippen molar-refractivity contribution in [2.75, 3.05) is 19.6 Å². The van der Waals surface area contributed by atoms with E-state index in [1.54, 1.807) is 12.1 Å². The molecule has 1 saturated heterocycles. The molecular formula is C16H17N2O6S-. The van der Waals surface area contributed by atoms with Crippen LogP contribution in [0.3, 0.4) is 0 Å². The van der Waals surface area contributed by atoms with Gasteiger partial charge in [-0.25, -0.2) is 12.7 Å². The van der Waals surface area contributed by atoms with E-state index in [4.69, 9.17) is 0 Å². The number of sulfonamides is 1. The average molecular weight is 365 g/mol. The zero-order chi connectivity index (χ0) is 18.2. The zero-order valence-electron chi connectivity index (χ0n) is 13.4. The molecule has 2 aliphatic heterocycles. The Labute approximate surface area is 145 Å². The summed E-state index contributed by atoms with van der Waals surface area (Å²) >= 11 is 0. The second-order valence-corrected chi connectivity index (χ2v) is 7.93. The third-order valence-corrected chi connectivity index (χ3v) is 6.46. The van der Waals surface area contributed by atoms with Crippen molar-refractivity contribution in [3.05, 3.63) is 29.8 Å². The van der Waals surface area contributed by atoms with Gasteiger partial charge in [0, 0.05) is 37.9 Å². The number of likely N-dealkylation sites (tertiary alicyclic amines) is 1. The van der Waals surface area contributed by atoms with E-state index >= 15 is 0 Å². The van der Waals surface area contributed by atoms with E-state index < -0.39 is 27.8 Å². The fraction of sp³-hybridized carbons (Fsp3) is 0.438. The van der Waals surface area contributed by atoms with Crippen LogP contribution in [0, 0.1) is 5.92 Å². The number of nitrogens with zero attached hydrogens (tertiary/aromatic N) is 2. The Bertz CT molecular complexity index is 827. The molecule has 0 bridgehead atoms. The number of carboxylic acids is 1. The fourth-order valence-corrected chi connectivity index (χ4v) is 4.74. The molecule has 0 radical (unpaired) electrons. The molecule has 134 valence electrons. The number of benzene rings is 1. The number of piperidine rings is 1. The molecule has 1 aromatic carbocycles. The number of rotatable bonds is 4. The van der Waals surface area contributed by atoms with Gasteiger partial charge in [0.1, 0.15) is 4.90 Å². The van der Waals surface area contributed by atoms with Crippen molar-refractivity contribution in [3.63, 3.8) is 0 Å². The van der Waals surface area contributed by atoms with Crippen molar-refractivity contribution < 1.29 is 27.9 Å². The van der Waals surface area contributed by atoms with E-state index in [-0.39, 0.29) is 29.3 Å². The van der Waals surface area contributed by atoms with E-state index in [1.807, 2.05) is 0 Å². The number of amides is 2. The largest absolute Gasteiger partial charge is 0.550 e. The maximum absolute atomic E-state index is 12.4. The van der Waals surface area contributed by atoms with Crippen LogP contribution in [0.15, 0.2) is 29.2 Å². The first-order valence-electron chi connectivity index (χ1n) is 7.97. The normalized spacial score (nSPS) is 19.8. The van der Waals surface area contributed by atoms with E-state index in [1.165, 1.54) is 17.0 Å². The molecular weight excluding hydrogens is 348 g/mol. The first kappa shape index (κ1) is 17.4. The van der Waals surface area contributed by atoms with E-state index in [0.717, 1.165) is 4.31 Å². The van der Waals surface area contributed by atoms with Crippen LogP contribution in [0.1, 0.15) is 29.6 Å². The maximum atomic E-state index is 12.4. The standard InChI is InChI=1S/C16H18N2O6S/c19-14(17-8-5-11(6-9-17)16(21)22)7-10-18-15(20)12-3-1-2-4-13(12)25(18,23)24/h1-4,11H,5-10H2,(H,21,22)/p-1. The molecule has 0 unspecified atom stereocenters. The SMILES string of the molecule is O=C([O-])C1CCN(C(=O)CCN2C(=O)c3ccccc3S2(=O)=O)CC1. The Morgan fingerprint density at radius 1 is 1.16 bits per heavy atom. The minimum Gasteiger partial charge on any atom is -0.550 e. The smallest absolute Gasteiger partial charge is 0.269 e. The Kier molecular flexibility index (Phi) is 4.51. The summed E-state index contributed by atoms with van der Waals surface area (Å²) in [7, 11) is -3.91. The number of carboxylic acid groups (broad SMARTS) is 1. The Hall–Kier alpha value is -2.42. The van der Waals surface area contributed by atoms with Crippen LogP contribution in [-0.2, 0) is 19.6 Å². The first-order chi connectivity index (χ1) is 11.8. The van der Waals surface area contributed by atoms with Crippen LogP contribution >= 0.6 is 0 Å². The summed E-state index contributed by atoms with van der Waals surface area (Å²) in [6.45, 7) is 0.353. The second kappa shape index (κ2) is 6.47. The van der Waals surface area contributed by atoms with Gasteiger partial charge >= 0.3 is 0 Å². The molecule has 25 heavy (non-hydrogen) atoms. The highest BCUT2D eigenvalue weighted by Crippen LogP contribution is 2.30. The van der Waals surface area contributed by atoms with Crippen molar-refractivity contribution in [1.82, 2.24) is 9.21 Å². The molecule has 1 fully saturated rings. The number of carbonyl (C=O) groups is 3. The summed E-state index contributed by atoms with van der Waals surface area (Å²) in [6, 6.07) is 5.94. The lowest BCUT2D eigenvalue weighted by atomic mass is 9.97. The zero-order valence-corrected chi connectivity index (χ0v) is 14.2. The quantitative estimate of drug-likeness (QED) is 0.691. The van der Waals surface area contributed by atoms with Crippen LogP contribution in [0.4, 0.5) is 0 Å². The summed E-state index contributed by atoms with van der Waals surface area (Å²) < 4.78 is 25.5. The molecule has 1 aromatic rings. The third kappa shape index (κ3) is 3.11. The number of fused-ring (bicyclic) bond motifs is 1. The molecule has 2 heterocycles. The minimum absolute atomic E-state index is 0.0396. The summed E-state index contributed by atoms with van der Waals surface area (Å²) in [5.41, 5.74) is 0.115.